The molecule has 4 nitrogen and oxygen atoms in total. The fourth-order valence-corrected chi connectivity index (χ4v) is 1.41. The number of hydrogen-bond acceptors (Lipinski definition) is 3. The Hall–Kier alpha value is -1.42. The fourth-order valence-electron chi connectivity index (χ4n) is 1.26. The van der Waals surface area contributed by atoms with Gasteiger partial charge < -0.3 is 4.90 Å². The molecule has 0 aromatic carbocycles. The molecule has 0 radical (unpaired) electrons. The molecule has 0 fully saturated rings. The number of carbonyl (C=O) groups is 1. The van der Waals surface area contributed by atoms with Gasteiger partial charge in [0.2, 0.25) is 0 Å². The van der Waals surface area contributed by atoms with Crippen LogP contribution in [0.25, 0.3) is 0 Å². The van der Waals surface area contributed by atoms with E-state index in [0.29, 0.717) is 6.54 Å². The molecular weight excluding hydrogens is 226 g/mol. The van der Waals surface area contributed by atoms with Crippen molar-refractivity contribution in [2.45, 2.75) is 19.9 Å². The predicted octanol–water partition coefficient (Wildman–Crippen LogP) is 2.17. The summed E-state index contributed by atoms with van der Waals surface area (Å²) in [6, 6.07) is 0.0753. The van der Waals surface area contributed by atoms with E-state index >= 15 is 0 Å². The molecule has 1 rings (SSSR count). The highest BCUT2D eigenvalue weighted by atomic mass is 35.5. The van der Waals surface area contributed by atoms with Crippen LogP contribution in [0.2, 0.25) is 5.15 Å². The summed E-state index contributed by atoms with van der Waals surface area (Å²) in [7, 11) is 0. The van der Waals surface area contributed by atoms with Crippen LogP contribution in [0.1, 0.15) is 24.3 Å². The maximum atomic E-state index is 12.0. The highest BCUT2D eigenvalue weighted by Gasteiger charge is 2.19. The van der Waals surface area contributed by atoms with Gasteiger partial charge in [0.25, 0.3) is 5.91 Å². The molecule has 0 saturated carbocycles. The lowest BCUT2D eigenvalue weighted by molar-refractivity contribution is 0.0722. The summed E-state index contributed by atoms with van der Waals surface area (Å²) in [5.41, 5.74) is 0.253. The van der Waals surface area contributed by atoms with Gasteiger partial charge in [-0.25, -0.2) is 4.98 Å². The second kappa shape index (κ2) is 5.61. The molecule has 1 amide bonds. The van der Waals surface area contributed by atoms with E-state index in [2.05, 4.69) is 16.5 Å². The van der Waals surface area contributed by atoms with Crippen molar-refractivity contribution in [3.8, 4) is 0 Å². The third kappa shape index (κ3) is 3.03. The average molecular weight is 240 g/mol. The number of rotatable bonds is 4. The summed E-state index contributed by atoms with van der Waals surface area (Å²) in [5, 5.41) is 0.216. The van der Waals surface area contributed by atoms with Gasteiger partial charge in [-0.2, -0.15) is 0 Å². The topological polar surface area (TPSA) is 46.1 Å². The number of halogens is 1. The zero-order valence-corrected chi connectivity index (χ0v) is 10.1. The van der Waals surface area contributed by atoms with Crippen LogP contribution >= 0.6 is 11.6 Å². The molecule has 0 saturated heterocycles. The molecule has 0 aliphatic carbocycles. The number of hydrogen-bond donors (Lipinski definition) is 0. The van der Waals surface area contributed by atoms with E-state index in [0.717, 1.165) is 0 Å². The van der Waals surface area contributed by atoms with E-state index < -0.39 is 0 Å². The Kier molecular flexibility index (Phi) is 4.43. The van der Waals surface area contributed by atoms with Gasteiger partial charge in [0, 0.05) is 12.6 Å². The summed E-state index contributed by atoms with van der Waals surface area (Å²) in [4.78, 5) is 21.5. The van der Waals surface area contributed by atoms with E-state index in [4.69, 9.17) is 11.6 Å². The first-order chi connectivity index (χ1) is 7.56. The normalized spacial score (nSPS) is 10.2. The third-order valence-corrected chi connectivity index (χ3v) is 2.22. The number of carbonyl (C=O) groups excluding carboxylic acids is 1. The lowest BCUT2D eigenvalue weighted by atomic mass is 10.2. The Morgan fingerprint density at radius 3 is 2.81 bits per heavy atom. The Labute approximate surface area is 100.0 Å². The van der Waals surface area contributed by atoms with Gasteiger partial charge >= 0.3 is 0 Å². The van der Waals surface area contributed by atoms with Crippen molar-refractivity contribution in [1.29, 1.82) is 0 Å². The van der Waals surface area contributed by atoms with E-state index in [1.54, 1.807) is 11.0 Å². The van der Waals surface area contributed by atoms with Crippen LogP contribution in [0.3, 0.4) is 0 Å². The first kappa shape index (κ1) is 12.6. The van der Waals surface area contributed by atoms with Crippen molar-refractivity contribution in [3.63, 3.8) is 0 Å². The van der Waals surface area contributed by atoms with Crippen molar-refractivity contribution in [2.75, 3.05) is 6.54 Å². The number of amides is 1. The average Bonchev–Trinajstić information content (AvgIpc) is 2.24. The SMILES string of the molecule is C=CCN(C(=O)c1cncc(Cl)n1)C(C)C. The van der Waals surface area contributed by atoms with Crippen LogP contribution < -0.4 is 0 Å². The highest BCUT2D eigenvalue weighted by molar-refractivity contribution is 6.29. The van der Waals surface area contributed by atoms with Gasteiger partial charge in [-0.15, -0.1) is 6.58 Å². The molecule has 5 heteroatoms. The minimum Gasteiger partial charge on any atom is -0.331 e. The second-order valence-electron chi connectivity index (χ2n) is 3.57. The monoisotopic (exact) mass is 239 g/mol. The Bertz CT molecular complexity index is 393. The number of aromatic nitrogens is 2. The van der Waals surface area contributed by atoms with Crippen LogP contribution in [-0.2, 0) is 0 Å². The van der Waals surface area contributed by atoms with Crippen LogP contribution in [0.4, 0.5) is 0 Å². The summed E-state index contributed by atoms with van der Waals surface area (Å²) >= 11 is 5.69. The van der Waals surface area contributed by atoms with Gasteiger partial charge in [-0.05, 0) is 13.8 Å². The van der Waals surface area contributed by atoms with Crippen LogP contribution in [0.5, 0.6) is 0 Å². The van der Waals surface area contributed by atoms with Crippen LogP contribution in [0.15, 0.2) is 25.0 Å². The molecular formula is C11H14ClN3O. The quantitative estimate of drug-likeness (QED) is 0.757. The third-order valence-electron chi connectivity index (χ3n) is 2.03. The van der Waals surface area contributed by atoms with Crippen LogP contribution in [-0.4, -0.2) is 33.4 Å². The van der Waals surface area contributed by atoms with E-state index in [1.807, 2.05) is 13.8 Å². The Balaban J connectivity index is 2.94. The molecule has 0 bridgehead atoms. The van der Waals surface area contributed by atoms with Crippen molar-refractivity contribution >= 4 is 17.5 Å². The van der Waals surface area contributed by atoms with E-state index in [-0.39, 0.29) is 22.8 Å². The second-order valence-corrected chi connectivity index (χ2v) is 3.95. The molecule has 0 N–H and O–H groups in total. The Morgan fingerprint density at radius 2 is 2.31 bits per heavy atom. The minimum atomic E-state index is -0.190. The van der Waals surface area contributed by atoms with Gasteiger partial charge in [0.1, 0.15) is 10.8 Å². The molecule has 1 aromatic rings. The van der Waals surface area contributed by atoms with Gasteiger partial charge in [0.15, 0.2) is 0 Å². The van der Waals surface area contributed by atoms with Gasteiger partial charge in [-0.1, -0.05) is 17.7 Å². The highest BCUT2D eigenvalue weighted by Crippen LogP contribution is 2.08. The lowest BCUT2D eigenvalue weighted by Crippen LogP contribution is -2.37. The minimum absolute atomic E-state index is 0.0753. The Morgan fingerprint density at radius 1 is 1.62 bits per heavy atom. The fraction of sp³-hybridized carbons (Fsp3) is 0.364. The van der Waals surface area contributed by atoms with Crippen molar-refractivity contribution in [2.24, 2.45) is 0 Å². The summed E-state index contributed by atoms with van der Waals surface area (Å²) < 4.78 is 0. The van der Waals surface area contributed by atoms with Crippen molar-refractivity contribution in [1.82, 2.24) is 14.9 Å². The van der Waals surface area contributed by atoms with Crippen molar-refractivity contribution in [3.05, 3.63) is 35.9 Å². The molecule has 0 atom stereocenters. The first-order valence-electron chi connectivity index (χ1n) is 4.95. The summed E-state index contributed by atoms with van der Waals surface area (Å²) in [6.07, 6.45) is 4.48. The van der Waals surface area contributed by atoms with Crippen LogP contribution in [0, 0.1) is 0 Å². The molecule has 1 aromatic heterocycles. The molecule has 0 spiro atoms. The standard InChI is InChI=1S/C11H14ClN3O/c1-4-5-15(8(2)3)11(16)9-6-13-7-10(12)14-9/h4,6-8H,1,5H2,2-3H3. The molecule has 16 heavy (non-hydrogen) atoms. The van der Waals surface area contributed by atoms with Crippen molar-refractivity contribution < 1.29 is 4.79 Å². The summed E-state index contributed by atoms with van der Waals surface area (Å²) in [6.45, 7) is 7.96. The van der Waals surface area contributed by atoms with Gasteiger partial charge in [-0.3, -0.25) is 9.78 Å². The maximum Gasteiger partial charge on any atom is 0.274 e. The molecule has 1 heterocycles. The first-order valence-corrected chi connectivity index (χ1v) is 5.33. The molecule has 0 aliphatic rings. The molecule has 0 aliphatic heterocycles. The maximum absolute atomic E-state index is 12.0. The van der Waals surface area contributed by atoms with E-state index in [1.165, 1.54) is 12.4 Å². The zero-order valence-electron chi connectivity index (χ0n) is 9.35. The predicted molar refractivity (Wildman–Crippen MR) is 63.4 cm³/mol. The zero-order chi connectivity index (χ0) is 12.1. The lowest BCUT2D eigenvalue weighted by Gasteiger charge is -2.24. The summed E-state index contributed by atoms with van der Waals surface area (Å²) in [5.74, 6) is -0.190. The number of nitrogens with zero attached hydrogens (tertiary/aromatic N) is 3. The largest absolute Gasteiger partial charge is 0.331 e. The molecule has 0 unspecified atom stereocenters. The smallest absolute Gasteiger partial charge is 0.274 e. The van der Waals surface area contributed by atoms with E-state index in [9.17, 15) is 4.79 Å². The molecule has 86 valence electrons. The van der Waals surface area contributed by atoms with Gasteiger partial charge in [0.05, 0.1) is 12.4 Å².